The van der Waals surface area contributed by atoms with Crippen LogP contribution in [0.4, 0.5) is 0 Å². The predicted octanol–water partition coefficient (Wildman–Crippen LogP) is 1.32. The van der Waals surface area contributed by atoms with E-state index in [0.717, 1.165) is 0 Å². The summed E-state index contributed by atoms with van der Waals surface area (Å²) in [5.74, 6) is -0.428. The molecule has 108 valence electrons. The molecule has 0 aromatic heterocycles. The first-order valence-electron chi connectivity index (χ1n) is 6.38. The lowest BCUT2D eigenvalue weighted by Gasteiger charge is -2.39. The summed E-state index contributed by atoms with van der Waals surface area (Å²) < 4.78 is 5.53. The first-order chi connectivity index (χ1) is 9.48. The average Bonchev–Trinajstić information content (AvgIpc) is 2.46. The molecule has 1 N–H and O–H groups in total. The van der Waals surface area contributed by atoms with Crippen LogP contribution in [0.3, 0.4) is 0 Å². The molecule has 1 aliphatic heterocycles. The summed E-state index contributed by atoms with van der Waals surface area (Å²) in [5.41, 5.74) is -0.584. The van der Waals surface area contributed by atoms with Crippen molar-refractivity contribution in [3.05, 3.63) is 34.9 Å². The molecule has 1 aromatic carbocycles. The molecule has 1 heterocycles. The summed E-state index contributed by atoms with van der Waals surface area (Å²) in [6.07, 6.45) is 0. The Labute approximate surface area is 122 Å². The van der Waals surface area contributed by atoms with Crippen molar-refractivity contribution in [1.82, 2.24) is 10.2 Å². The first kappa shape index (κ1) is 14.8. The molecule has 20 heavy (non-hydrogen) atoms. The summed E-state index contributed by atoms with van der Waals surface area (Å²) in [4.78, 5) is 25.9. The van der Waals surface area contributed by atoms with E-state index in [1.54, 1.807) is 43.1 Å². The Morgan fingerprint density at radius 1 is 1.40 bits per heavy atom. The Morgan fingerprint density at radius 3 is 2.75 bits per heavy atom. The first-order valence-corrected chi connectivity index (χ1v) is 6.75. The fraction of sp³-hybridized carbons (Fsp3) is 0.429. The highest BCUT2D eigenvalue weighted by Gasteiger charge is 2.40. The third-order valence-electron chi connectivity index (χ3n) is 3.37. The number of halogens is 1. The quantitative estimate of drug-likeness (QED) is 0.895. The highest BCUT2D eigenvalue weighted by atomic mass is 35.5. The molecular weight excluding hydrogens is 280 g/mol. The van der Waals surface area contributed by atoms with Gasteiger partial charge >= 0.3 is 0 Å². The number of benzene rings is 1. The van der Waals surface area contributed by atoms with E-state index in [1.807, 2.05) is 0 Å². The standard InChI is InChI=1S/C14H17ClN2O3/c1-14(13(19)16-2)9-17(7-8-20-14)12(18)10-5-3-4-6-11(10)15/h3-6H,7-9H2,1-2H3,(H,16,19). The van der Waals surface area contributed by atoms with Crippen LogP contribution in [0, 0.1) is 0 Å². The van der Waals surface area contributed by atoms with Crippen LogP contribution < -0.4 is 5.32 Å². The van der Waals surface area contributed by atoms with Gasteiger partial charge in [-0.2, -0.15) is 0 Å². The minimum absolute atomic E-state index is 0.186. The Morgan fingerprint density at radius 2 is 2.10 bits per heavy atom. The van der Waals surface area contributed by atoms with Crippen LogP contribution in [0.25, 0.3) is 0 Å². The van der Waals surface area contributed by atoms with Gasteiger partial charge in [-0.3, -0.25) is 9.59 Å². The third-order valence-corrected chi connectivity index (χ3v) is 3.70. The van der Waals surface area contributed by atoms with E-state index in [4.69, 9.17) is 16.3 Å². The van der Waals surface area contributed by atoms with Crippen LogP contribution in [0.1, 0.15) is 17.3 Å². The van der Waals surface area contributed by atoms with E-state index >= 15 is 0 Å². The molecule has 0 spiro atoms. The van der Waals surface area contributed by atoms with Crippen molar-refractivity contribution in [2.24, 2.45) is 0 Å². The van der Waals surface area contributed by atoms with Crippen LogP contribution in [-0.2, 0) is 9.53 Å². The normalized spacial score (nSPS) is 22.4. The maximum Gasteiger partial charge on any atom is 0.255 e. The number of hydrogen-bond donors (Lipinski definition) is 1. The van der Waals surface area contributed by atoms with E-state index in [0.29, 0.717) is 23.7 Å². The monoisotopic (exact) mass is 296 g/mol. The smallest absolute Gasteiger partial charge is 0.255 e. The fourth-order valence-electron chi connectivity index (χ4n) is 2.25. The highest BCUT2D eigenvalue weighted by Crippen LogP contribution is 2.22. The van der Waals surface area contributed by atoms with E-state index in [9.17, 15) is 9.59 Å². The maximum atomic E-state index is 12.5. The number of morpholine rings is 1. The van der Waals surface area contributed by atoms with Crippen LogP contribution in [-0.4, -0.2) is 49.1 Å². The molecule has 0 aliphatic carbocycles. The van der Waals surface area contributed by atoms with Gasteiger partial charge in [0.1, 0.15) is 0 Å². The molecule has 1 fully saturated rings. The Bertz CT molecular complexity index is 535. The van der Waals surface area contributed by atoms with Gasteiger partial charge in [-0.25, -0.2) is 0 Å². The second-order valence-corrected chi connectivity index (χ2v) is 5.27. The zero-order valence-corrected chi connectivity index (χ0v) is 12.2. The number of nitrogens with one attached hydrogen (secondary N) is 1. The molecule has 1 aliphatic rings. The zero-order chi connectivity index (χ0) is 14.8. The lowest BCUT2D eigenvalue weighted by molar-refractivity contribution is -0.153. The Kier molecular flexibility index (Phi) is 4.30. The fourth-order valence-corrected chi connectivity index (χ4v) is 2.47. The molecule has 5 nitrogen and oxygen atoms in total. The van der Waals surface area contributed by atoms with E-state index in [-0.39, 0.29) is 18.4 Å². The summed E-state index contributed by atoms with van der Waals surface area (Å²) in [6, 6.07) is 6.88. The summed E-state index contributed by atoms with van der Waals surface area (Å²) in [6.45, 7) is 2.64. The van der Waals surface area contributed by atoms with Crippen LogP contribution >= 0.6 is 11.6 Å². The molecule has 0 bridgehead atoms. The van der Waals surface area contributed by atoms with Gasteiger partial charge in [0, 0.05) is 13.6 Å². The van der Waals surface area contributed by atoms with Gasteiger partial charge in [-0.15, -0.1) is 0 Å². The lowest BCUT2D eigenvalue weighted by atomic mass is 10.0. The van der Waals surface area contributed by atoms with Gasteiger partial charge in [-0.1, -0.05) is 23.7 Å². The Balaban J connectivity index is 2.19. The highest BCUT2D eigenvalue weighted by molar-refractivity contribution is 6.33. The SMILES string of the molecule is CNC(=O)C1(C)CN(C(=O)c2ccccc2Cl)CCO1. The molecule has 1 aromatic rings. The van der Waals surface area contributed by atoms with E-state index < -0.39 is 5.60 Å². The largest absolute Gasteiger partial charge is 0.362 e. The summed E-state index contributed by atoms with van der Waals surface area (Å²) >= 11 is 6.04. The van der Waals surface area contributed by atoms with Crippen molar-refractivity contribution in [3.63, 3.8) is 0 Å². The topological polar surface area (TPSA) is 58.6 Å². The van der Waals surface area contributed by atoms with Crippen LogP contribution in [0.2, 0.25) is 5.02 Å². The van der Waals surface area contributed by atoms with Crippen molar-refractivity contribution in [3.8, 4) is 0 Å². The molecule has 1 unspecified atom stereocenters. The summed E-state index contributed by atoms with van der Waals surface area (Å²) in [7, 11) is 1.55. The molecular formula is C14H17ClN2O3. The van der Waals surface area contributed by atoms with Crippen molar-refractivity contribution in [1.29, 1.82) is 0 Å². The summed E-state index contributed by atoms with van der Waals surface area (Å²) in [5, 5.41) is 2.97. The Hall–Kier alpha value is -1.59. The maximum absolute atomic E-state index is 12.5. The van der Waals surface area contributed by atoms with Gasteiger partial charge in [0.15, 0.2) is 5.60 Å². The van der Waals surface area contributed by atoms with E-state index in [2.05, 4.69) is 5.32 Å². The number of hydrogen-bond acceptors (Lipinski definition) is 3. The minimum Gasteiger partial charge on any atom is -0.362 e. The number of carbonyl (C=O) groups is 2. The van der Waals surface area contributed by atoms with E-state index in [1.165, 1.54) is 0 Å². The number of rotatable bonds is 2. The van der Waals surface area contributed by atoms with Crippen molar-refractivity contribution in [2.45, 2.75) is 12.5 Å². The van der Waals surface area contributed by atoms with Gasteiger partial charge in [0.25, 0.3) is 11.8 Å². The van der Waals surface area contributed by atoms with Crippen LogP contribution in [0.15, 0.2) is 24.3 Å². The molecule has 2 rings (SSSR count). The lowest BCUT2D eigenvalue weighted by Crippen LogP contribution is -2.58. The number of ether oxygens (including phenoxy) is 1. The van der Waals surface area contributed by atoms with Gasteiger partial charge < -0.3 is 15.0 Å². The zero-order valence-electron chi connectivity index (χ0n) is 11.5. The predicted molar refractivity (Wildman–Crippen MR) is 75.8 cm³/mol. The van der Waals surface area contributed by atoms with Crippen molar-refractivity contribution >= 4 is 23.4 Å². The second-order valence-electron chi connectivity index (χ2n) is 4.86. The number of nitrogens with zero attached hydrogens (tertiary/aromatic N) is 1. The molecule has 1 atom stereocenters. The number of likely N-dealkylation sites (N-methyl/N-ethyl adjacent to an activating group) is 1. The average molecular weight is 297 g/mol. The molecule has 0 radical (unpaired) electrons. The number of carbonyl (C=O) groups excluding carboxylic acids is 2. The van der Waals surface area contributed by atoms with Crippen molar-refractivity contribution < 1.29 is 14.3 Å². The third kappa shape index (κ3) is 2.78. The van der Waals surface area contributed by atoms with Gasteiger partial charge in [-0.05, 0) is 19.1 Å². The molecule has 6 heteroatoms. The molecule has 0 saturated carbocycles. The van der Waals surface area contributed by atoms with Gasteiger partial charge in [0.2, 0.25) is 0 Å². The number of amides is 2. The molecule has 2 amide bonds. The van der Waals surface area contributed by atoms with Gasteiger partial charge in [0.05, 0.1) is 23.7 Å². The van der Waals surface area contributed by atoms with Crippen molar-refractivity contribution in [2.75, 3.05) is 26.7 Å². The van der Waals surface area contributed by atoms with Crippen LogP contribution in [0.5, 0.6) is 0 Å². The molecule has 1 saturated heterocycles. The second kappa shape index (κ2) is 5.81. The minimum atomic E-state index is -1.02.